The highest BCUT2D eigenvalue weighted by molar-refractivity contribution is 14.1. The average molecular weight is 786 g/mol. The maximum absolute atomic E-state index is 12.0. The highest BCUT2D eigenvalue weighted by atomic mass is 127. The zero-order valence-electron chi connectivity index (χ0n) is 17.9. The number of aromatic nitrogens is 2. The minimum absolute atomic E-state index is 0.239. The summed E-state index contributed by atoms with van der Waals surface area (Å²) >= 11 is 27.6. The Balaban J connectivity index is 0.000000201. The Hall–Kier alpha value is -1.70. The van der Waals surface area contributed by atoms with Gasteiger partial charge in [-0.1, -0.05) is 46.4 Å². The first-order valence-corrected chi connectivity index (χ1v) is 13.5. The second-order valence-electron chi connectivity index (χ2n) is 6.89. The molecule has 0 aliphatic carbocycles. The van der Waals surface area contributed by atoms with E-state index in [9.17, 15) is 9.59 Å². The number of halogens is 6. The molecule has 36 heavy (non-hydrogen) atoms. The SMILES string of the molecule is O=C(Nc1ccc(Cl)c(I)c1)c1ccc(Cl)nc1.O=C(Nc1ccc(Cl)c(I)c1)c1cnccc1Cl. The van der Waals surface area contributed by atoms with Crippen molar-refractivity contribution in [3.8, 4) is 0 Å². The molecule has 0 radical (unpaired) electrons. The molecular weight excluding hydrogens is 772 g/mol. The molecule has 2 amide bonds. The van der Waals surface area contributed by atoms with E-state index in [-0.39, 0.29) is 11.8 Å². The van der Waals surface area contributed by atoms with Crippen molar-refractivity contribution in [3.05, 3.63) is 112 Å². The lowest BCUT2D eigenvalue weighted by atomic mass is 10.2. The Morgan fingerprint density at radius 3 is 1.78 bits per heavy atom. The molecule has 6 nitrogen and oxygen atoms in total. The molecule has 0 saturated heterocycles. The van der Waals surface area contributed by atoms with Gasteiger partial charge in [0.15, 0.2) is 0 Å². The van der Waals surface area contributed by atoms with Gasteiger partial charge in [-0.15, -0.1) is 0 Å². The third-order valence-corrected chi connectivity index (χ3v) is 7.99. The molecule has 0 aliphatic heterocycles. The number of hydrogen-bond donors (Lipinski definition) is 2. The van der Waals surface area contributed by atoms with Crippen molar-refractivity contribution in [1.82, 2.24) is 9.97 Å². The summed E-state index contributed by atoms with van der Waals surface area (Å²) in [6.45, 7) is 0. The predicted octanol–water partition coefficient (Wildman–Crippen LogP) is 8.49. The molecule has 0 spiro atoms. The number of nitrogens with zero attached hydrogens (tertiary/aromatic N) is 2. The van der Waals surface area contributed by atoms with Gasteiger partial charge in [-0.05, 0) is 99.8 Å². The van der Waals surface area contributed by atoms with Crippen LogP contribution in [0.2, 0.25) is 20.2 Å². The minimum atomic E-state index is -0.300. The van der Waals surface area contributed by atoms with E-state index in [0.29, 0.717) is 42.7 Å². The molecule has 184 valence electrons. The van der Waals surface area contributed by atoms with E-state index in [1.54, 1.807) is 54.6 Å². The number of rotatable bonds is 4. The van der Waals surface area contributed by atoms with Crippen LogP contribution in [0.3, 0.4) is 0 Å². The van der Waals surface area contributed by atoms with Crippen LogP contribution >= 0.6 is 91.6 Å². The van der Waals surface area contributed by atoms with Gasteiger partial charge in [0.1, 0.15) is 5.15 Å². The zero-order chi connectivity index (χ0) is 26.2. The first-order chi connectivity index (χ1) is 17.1. The fraction of sp³-hybridized carbons (Fsp3) is 0. The third kappa shape index (κ3) is 8.42. The van der Waals surface area contributed by atoms with E-state index in [2.05, 4.69) is 65.8 Å². The van der Waals surface area contributed by atoms with Crippen molar-refractivity contribution in [2.24, 2.45) is 0 Å². The molecule has 4 aromatic rings. The van der Waals surface area contributed by atoms with Crippen LogP contribution < -0.4 is 10.6 Å². The van der Waals surface area contributed by atoms with E-state index in [4.69, 9.17) is 46.4 Å². The van der Waals surface area contributed by atoms with Crippen LogP contribution in [0.1, 0.15) is 20.7 Å². The van der Waals surface area contributed by atoms with Gasteiger partial charge in [0.2, 0.25) is 0 Å². The number of benzene rings is 2. The van der Waals surface area contributed by atoms with E-state index >= 15 is 0 Å². The number of carbonyl (C=O) groups excluding carboxylic acids is 2. The largest absolute Gasteiger partial charge is 0.322 e. The van der Waals surface area contributed by atoms with Crippen LogP contribution in [0.4, 0.5) is 11.4 Å². The van der Waals surface area contributed by atoms with Crippen LogP contribution in [0.5, 0.6) is 0 Å². The molecule has 0 aliphatic rings. The maximum Gasteiger partial charge on any atom is 0.258 e. The lowest BCUT2D eigenvalue weighted by Gasteiger charge is -2.07. The summed E-state index contributed by atoms with van der Waals surface area (Å²) in [5.74, 6) is -0.538. The molecule has 4 rings (SSSR count). The van der Waals surface area contributed by atoms with E-state index in [1.807, 2.05) is 0 Å². The van der Waals surface area contributed by atoms with Gasteiger partial charge in [0.25, 0.3) is 11.8 Å². The Kier molecular flexibility index (Phi) is 11.0. The summed E-state index contributed by atoms with van der Waals surface area (Å²) in [6, 6.07) is 15.3. The quantitative estimate of drug-likeness (QED) is 0.161. The van der Waals surface area contributed by atoms with Gasteiger partial charge in [0, 0.05) is 37.1 Å². The van der Waals surface area contributed by atoms with Crippen molar-refractivity contribution in [1.29, 1.82) is 0 Å². The van der Waals surface area contributed by atoms with Gasteiger partial charge in [-0.2, -0.15) is 0 Å². The van der Waals surface area contributed by atoms with Crippen LogP contribution in [0.25, 0.3) is 0 Å². The lowest BCUT2D eigenvalue weighted by Crippen LogP contribution is -2.12. The van der Waals surface area contributed by atoms with E-state index in [1.165, 1.54) is 18.6 Å². The van der Waals surface area contributed by atoms with Crippen LogP contribution in [-0.2, 0) is 0 Å². The topological polar surface area (TPSA) is 84.0 Å². The number of hydrogen-bond acceptors (Lipinski definition) is 4. The number of anilines is 2. The molecule has 0 unspecified atom stereocenters. The van der Waals surface area contributed by atoms with Gasteiger partial charge < -0.3 is 10.6 Å². The monoisotopic (exact) mass is 784 g/mol. The number of amides is 2. The van der Waals surface area contributed by atoms with Crippen LogP contribution in [0, 0.1) is 7.14 Å². The predicted molar refractivity (Wildman–Crippen MR) is 163 cm³/mol. The van der Waals surface area contributed by atoms with Crippen LogP contribution in [0.15, 0.2) is 73.2 Å². The number of pyridine rings is 2. The van der Waals surface area contributed by atoms with Crippen molar-refractivity contribution in [2.45, 2.75) is 0 Å². The van der Waals surface area contributed by atoms with E-state index < -0.39 is 0 Å². The fourth-order valence-electron chi connectivity index (χ4n) is 2.60. The zero-order valence-corrected chi connectivity index (χ0v) is 25.2. The maximum atomic E-state index is 12.0. The molecule has 0 saturated carbocycles. The summed E-state index contributed by atoms with van der Waals surface area (Å²) in [6.07, 6.45) is 4.39. The van der Waals surface area contributed by atoms with Crippen molar-refractivity contribution >= 4 is 115 Å². The molecule has 2 aromatic heterocycles. The Morgan fingerprint density at radius 2 is 1.28 bits per heavy atom. The highest BCUT2D eigenvalue weighted by Crippen LogP contribution is 2.24. The van der Waals surface area contributed by atoms with Crippen LogP contribution in [-0.4, -0.2) is 21.8 Å². The normalized spacial score (nSPS) is 10.2. The molecule has 0 atom stereocenters. The Labute approximate surface area is 254 Å². The molecule has 2 N–H and O–H groups in total. The van der Waals surface area contributed by atoms with Gasteiger partial charge >= 0.3 is 0 Å². The van der Waals surface area contributed by atoms with Crippen molar-refractivity contribution in [3.63, 3.8) is 0 Å². The molecule has 0 bridgehead atoms. The first-order valence-electron chi connectivity index (χ1n) is 9.88. The molecule has 12 heteroatoms. The molecular formula is C24H14Cl4I2N4O2. The second kappa shape index (κ2) is 13.7. The number of carbonyl (C=O) groups is 2. The molecule has 0 fully saturated rings. The fourth-order valence-corrected chi connectivity index (χ4v) is 4.17. The molecule has 2 heterocycles. The summed E-state index contributed by atoms with van der Waals surface area (Å²) in [4.78, 5) is 31.6. The summed E-state index contributed by atoms with van der Waals surface area (Å²) in [5, 5.41) is 7.52. The Bertz CT molecular complexity index is 1410. The summed E-state index contributed by atoms with van der Waals surface area (Å²) in [7, 11) is 0. The standard InChI is InChI=1S/2C12H7Cl2IN2O/c13-9-3-2-8(5-10(9)15)17-12(18)7-1-4-11(14)16-6-7;13-9-3-4-16-6-8(9)12(18)17-7-1-2-10(14)11(15)5-7/h2*1-6H,(H,17,18). The third-order valence-electron chi connectivity index (χ3n) is 4.36. The summed E-state index contributed by atoms with van der Waals surface area (Å²) in [5.41, 5.74) is 2.13. The average Bonchev–Trinajstić information content (AvgIpc) is 2.85. The first kappa shape index (κ1) is 28.9. The van der Waals surface area contributed by atoms with Gasteiger partial charge in [-0.25, -0.2) is 4.98 Å². The highest BCUT2D eigenvalue weighted by Gasteiger charge is 2.11. The van der Waals surface area contributed by atoms with Gasteiger partial charge in [0.05, 0.1) is 26.2 Å². The molecule has 2 aromatic carbocycles. The minimum Gasteiger partial charge on any atom is -0.322 e. The second-order valence-corrected chi connectivity index (χ2v) is 10.8. The van der Waals surface area contributed by atoms with Crippen molar-refractivity contribution in [2.75, 3.05) is 10.6 Å². The van der Waals surface area contributed by atoms with E-state index in [0.717, 1.165) is 7.14 Å². The smallest absolute Gasteiger partial charge is 0.258 e. The number of nitrogens with one attached hydrogen (secondary N) is 2. The Morgan fingerprint density at radius 1 is 0.694 bits per heavy atom. The lowest BCUT2D eigenvalue weighted by molar-refractivity contribution is 0.101. The summed E-state index contributed by atoms with van der Waals surface area (Å²) < 4.78 is 1.74. The van der Waals surface area contributed by atoms with Gasteiger partial charge in [-0.3, -0.25) is 14.6 Å². The van der Waals surface area contributed by atoms with Crippen molar-refractivity contribution < 1.29 is 9.59 Å².